The normalized spacial score (nSPS) is 12.1. The Balaban J connectivity index is 2.43. The fourth-order valence-corrected chi connectivity index (χ4v) is 1.41. The maximum Gasteiger partial charge on any atom is 0.407 e. The first-order chi connectivity index (χ1) is 7.09. The molecule has 0 aliphatic heterocycles. The molecule has 15 heavy (non-hydrogen) atoms. The fraction of sp³-hybridized carbons (Fsp3) is 0.364. The Hall–Kier alpha value is -1.55. The van der Waals surface area contributed by atoms with Crippen molar-refractivity contribution in [3.8, 4) is 0 Å². The van der Waals surface area contributed by atoms with Crippen molar-refractivity contribution in [1.29, 1.82) is 0 Å². The summed E-state index contributed by atoms with van der Waals surface area (Å²) in [6.07, 6.45) is -0.253. The minimum atomic E-state index is -0.946. The van der Waals surface area contributed by atoms with Crippen molar-refractivity contribution >= 4 is 6.09 Å². The lowest BCUT2D eigenvalue weighted by atomic mass is 10.1. The maximum absolute atomic E-state index is 10.6. The van der Waals surface area contributed by atoms with Crippen LogP contribution < -0.4 is 5.73 Å². The summed E-state index contributed by atoms with van der Waals surface area (Å²) in [6.45, 7) is 0.351. The van der Waals surface area contributed by atoms with Gasteiger partial charge in [-0.05, 0) is 12.0 Å². The Bertz CT molecular complexity index is 314. The van der Waals surface area contributed by atoms with Crippen LogP contribution in [0.4, 0.5) is 4.79 Å². The number of hydrogen-bond donors (Lipinski definition) is 2. The highest BCUT2D eigenvalue weighted by atomic mass is 16.4. The Morgan fingerprint density at radius 3 is 2.60 bits per heavy atom. The summed E-state index contributed by atoms with van der Waals surface area (Å²) < 4.78 is 0. The van der Waals surface area contributed by atoms with Crippen LogP contribution in [-0.4, -0.2) is 35.7 Å². The van der Waals surface area contributed by atoms with Gasteiger partial charge in [-0.1, -0.05) is 30.3 Å². The van der Waals surface area contributed by atoms with Gasteiger partial charge >= 0.3 is 6.09 Å². The zero-order valence-electron chi connectivity index (χ0n) is 8.76. The van der Waals surface area contributed by atoms with Crippen LogP contribution in [0.15, 0.2) is 30.3 Å². The van der Waals surface area contributed by atoms with Gasteiger partial charge in [-0.25, -0.2) is 4.79 Å². The number of benzene rings is 1. The molecule has 0 unspecified atom stereocenters. The van der Waals surface area contributed by atoms with E-state index in [0.29, 0.717) is 13.0 Å². The minimum absolute atomic E-state index is 0.159. The van der Waals surface area contributed by atoms with Crippen LogP contribution in [0.5, 0.6) is 0 Å². The molecule has 0 fully saturated rings. The summed E-state index contributed by atoms with van der Waals surface area (Å²) in [7, 11) is 1.52. The second-order valence-corrected chi connectivity index (χ2v) is 3.61. The fourth-order valence-electron chi connectivity index (χ4n) is 1.41. The van der Waals surface area contributed by atoms with Crippen molar-refractivity contribution in [2.24, 2.45) is 5.73 Å². The second-order valence-electron chi connectivity index (χ2n) is 3.61. The van der Waals surface area contributed by atoms with Gasteiger partial charge in [0.1, 0.15) is 0 Å². The summed E-state index contributed by atoms with van der Waals surface area (Å²) in [6, 6.07) is 9.65. The smallest absolute Gasteiger partial charge is 0.407 e. The van der Waals surface area contributed by atoms with Crippen molar-refractivity contribution in [3.63, 3.8) is 0 Å². The van der Waals surface area contributed by atoms with Gasteiger partial charge in [-0.2, -0.15) is 0 Å². The molecule has 1 aromatic carbocycles. The van der Waals surface area contributed by atoms with E-state index in [2.05, 4.69) is 0 Å². The molecular formula is C11H16N2O2. The molecule has 3 N–H and O–H groups in total. The van der Waals surface area contributed by atoms with Gasteiger partial charge in [0, 0.05) is 19.6 Å². The number of carboxylic acid groups (broad SMARTS) is 1. The van der Waals surface area contributed by atoms with Crippen molar-refractivity contribution in [2.75, 3.05) is 13.6 Å². The van der Waals surface area contributed by atoms with Crippen molar-refractivity contribution in [1.82, 2.24) is 4.90 Å². The van der Waals surface area contributed by atoms with Crippen LogP contribution in [0, 0.1) is 0 Å². The molecule has 1 atom stereocenters. The highest BCUT2D eigenvalue weighted by Gasteiger charge is 2.11. The van der Waals surface area contributed by atoms with Crippen LogP contribution in [0.2, 0.25) is 0 Å². The van der Waals surface area contributed by atoms with Crippen molar-refractivity contribution in [2.45, 2.75) is 12.5 Å². The molecule has 0 aliphatic rings. The van der Waals surface area contributed by atoms with Crippen molar-refractivity contribution in [3.05, 3.63) is 35.9 Å². The van der Waals surface area contributed by atoms with E-state index < -0.39 is 6.09 Å². The van der Waals surface area contributed by atoms with Crippen LogP contribution in [0.1, 0.15) is 5.56 Å². The third kappa shape index (κ3) is 3.99. The first-order valence-electron chi connectivity index (χ1n) is 4.83. The lowest BCUT2D eigenvalue weighted by molar-refractivity contribution is 0.153. The SMILES string of the molecule is CN(C[C@H](N)Cc1ccccc1)C(=O)O. The van der Waals surface area contributed by atoms with Crippen LogP contribution >= 0.6 is 0 Å². The highest BCUT2D eigenvalue weighted by molar-refractivity contribution is 5.64. The van der Waals surface area contributed by atoms with Crippen LogP contribution in [-0.2, 0) is 6.42 Å². The number of nitrogens with two attached hydrogens (primary N) is 1. The quantitative estimate of drug-likeness (QED) is 0.780. The van der Waals surface area contributed by atoms with Gasteiger partial charge in [0.15, 0.2) is 0 Å². The van der Waals surface area contributed by atoms with E-state index in [-0.39, 0.29) is 6.04 Å². The molecule has 0 heterocycles. The number of amides is 1. The molecule has 4 nitrogen and oxygen atoms in total. The number of rotatable bonds is 4. The average Bonchev–Trinajstić information content (AvgIpc) is 2.18. The monoisotopic (exact) mass is 208 g/mol. The zero-order chi connectivity index (χ0) is 11.3. The summed E-state index contributed by atoms with van der Waals surface area (Å²) in [5, 5.41) is 8.67. The van der Waals surface area contributed by atoms with Crippen LogP contribution in [0.25, 0.3) is 0 Å². The molecule has 0 saturated carbocycles. The minimum Gasteiger partial charge on any atom is -0.465 e. The number of carbonyl (C=O) groups is 1. The summed E-state index contributed by atoms with van der Waals surface area (Å²) >= 11 is 0. The van der Waals surface area contributed by atoms with Gasteiger partial charge in [-0.3, -0.25) is 0 Å². The van der Waals surface area contributed by atoms with E-state index in [1.807, 2.05) is 30.3 Å². The second kappa shape index (κ2) is 5.36. The molecule has 4 heteroatoms. The molecule has 0 bridgehead atoms. The van der Waals surface area contributed by atoms with E-state index >= 15 is 0 Å². The van der Waals surface area contributed by atoms with E-state index in [1.165, 1.54) is 11.9 Å². The van der Waals surface area contributed by atoms with E-state index in [0.717, 1.165) is 5.56 Å². The maximum atomic E-state index is 10.6. The zero-order valence-corrected chi connectivity index (χ0v) is 8.76. The Kier molecular flexibility index (Phi) is 4.12. The number of likely N-dealkylation sites (N-methyl/N-ethyl adjacent to an activating group) is 1. The molecule has 0 spiro atoms. The van der Waals surface area contributed by atoms with E-state index in [9.17, 15) is 4.79 Å². The molecular weight excluding hydrogens is 192 g/mol. The first-order valence-corrected chi connectivity index (χ1v) is 4.83. The predicted molar refractivity (Wildman–Crippen MR) is 58.8 cm³/mol. The van der Waals surface area contributed by atoms with E-state index in [1.54, 1.807) is 0 Å². The molecule has 0 saturated heterocycles. The third-order valence-electron chi connectivity index (χ3n) is 2.18. The summed E-state index contributed by atoms with van der Waals surface area (Å²) in [4.78, 5) is 11.8. The Morgan fingerprint density at radius 2 is 2.07 bits per heavy atom. The van der Waals surface area contributed by atoms with E-state index in [4.69, 9.17) is 10.8 Å². The molecule has 0 aliphatic carbocycles. The Morgan fingerprint density at radius 1 is 1.47 bits per heavy atom. The molecule has 1 aromatic rings. The number of hydrogen-bond acceptors (Lipinski definition) is 2. The highest BCUT2D eigenvalue weighted by Crippen LogP contribution is 2.02. The van der Waals surface area contributed by atoms with Gasteiger partial charge < -0.3 is 15.7 Å². The molecule has 82 valence electrons. The van der Waals surface area contributed by atoms with Crippen molar-refractivity contribution < 1.29 is 9.90 Å². The summed E-state index contributed by atoms with van der Waals surface area (Å²) in [5.74, 6) is 0. The average molecular weight is 208 g/mol. The number of nitrogens with zero attached hydrogens (tertiary/aromatic N) is 1. The third-order valence-corrected chi connectivity index (χ3v) is 2.18. The molecule has 1 amide bonds. The molecule has 0 radical (unpaired) electrons. The van der Waals surface area contributed by atoms with Crippen LogP contribution in [0.3, 0.4) is 0 Å². The topological polar surface area (TPSA) is 66.6 Å². The molecule has 1 rings (SSSR count). The standard InChI is InChI=1S/C11H16N2O2/c1-13(11(14)15)8-10(12)7-9-5-3-2-4-6-9/h2-6,10H,7-8,12H2,1H3,(H,14,15)/t10-/m1/s1. The van der Waals surface area contributed by atoms with Gasteiger partial charge in [0.25, 0.3) is 0 Å². The molecule has 0 aromatic heterocycles. The summed E-state index contributed by atoms with van der Waals surface area (Å²) in [5.41, 5.74) is 6.97. The largest absolute Gasteiger partial charge is 0.465 e. The van der Waals surface area contributed by atoms with Gasteiger partial charge in [-0.15, -0.1) is 0 Å². The van der Waals surface area contributed by atoms with Gasteiger partial charge in [0.05, 0.1) is 0 Å². The Labute approximate surface area is 89.3 Å². The predicted octanol–water partition coefficient (Wildman–Crippen LogP) is 1.17. The lowest BCUT2D eigenvalue weighted by Gasteiger charge is -2.18. The lowest BCUT2D eigenvalue weighted by Crippen LogP contribution is -2.39. The van der Waals surface area contributed by atoms with Gasteiger partial charge in [0.2, 0.25) is 0 Å². The first kappa shape index (κ1) is 11.5.